The van der Waals surface area contributed by atoms with Crippen molar-refractivity contribution >= 4 is 0 Å². The van der Waals surface area contributed by atoms with Gasteiger partial charge in [0.1, 0.15) is 5.75 Å². The summed E-state index contributed by atoms with van der Waals surface area (Å²) in [6.07, 6.45) is 1.35. The number of nitriles is 1. The van der Waals surface area contributed by atoms with Crippen molar-refractivity contribution in [3.63, 3.8) is 0 Å². The maximum Gasteiger partial charge on any atom is 0.119 e. The van der Waals surface area contributed by atoms with Crippen molar-refractivity contribution in [2.45, 2.75) is 19.4 Å². The molecule has 1 aliphatic rings. The molecule has 1 fully saturated rings. The maximum atomic E-state index is 8.70. The Morgan fingerprint density at radius 3 is 2.89 bits per heavy atom. The average Bonchev–Trinajstić information content (AvgIpc) is 2.44. The van der Waals surface area contributed by atoms with Gasteiger partial charge in [0, 0.05) is 19.6 Å². The topological polar surface area (TPSA) is 45.5 Å². The summed E-state index contributed by atoms with van der Waals surface area (Å²) in [5, 5.41) is 8.70. The van der Waals surface area contributed by atoms with Crippen LogP contribution in [0.15, 0.2) is 24.3 Å². The van der Waals surface area contributed by atoms with Gasteiger partial charge in [-0.05, 0) is 37.6 Å². The van der Waals surface area contributed by atoms with E-state index in [1.165, 1.54) is 0 Å². The molecule has 19 heavy (non-hydrogen) atoms. The van der Waals surface area contributed by atoms with Crippen molar-refractivity contribution in [3.05, 3.63) is 29.8 Å². The molecule has 4 heteroatoms. The molecule has 4 nitrogen and oxygen atoms in total. The first kappa shape index (κ1) is 13.9. The number of rotatable bonds is 5. The zero-order chi connectivity index (χ0) is 13.5. The fourth-order valence-electron chi connectivity index (χ4n) is 2.20. The zero-order valence-electron chi connectivity index (χ0n) is 11.3. The summed E-state index contributed by atoms with van der Waals surface area (Å²) < 4.78 is 11.2. The van der Waals surface area contributed by atoms with E-state index in [9.17, 15) is 0 Å². The van der Waals surface area contributed by atoms with Crippen LogP contribution in [0, 0.1) is 11.3 Å². The Labute approximate surface area is 114 Å². The average molecular weight is 260 g/mol. The summed E-state index contributed by atoms with van der Waals surface area (Å²) in [6.45, 7) is 6.72. The van der Waals surface area contributed by atoms with E-state index in [0.29, 0.717) is 18.3 Å². The monoisotopic (exact) mass is 260 g/mol. The second-order valence-corrected chi connectivity index (χ2v) is 4.82. The Bertz CT molecular complexity index is 425. The fourth-order valence-corrected chi connectivity index (χ4v) is 2.20. The van der Waals surface area contributed by atoms with E-state index in [-0.39, 0.29) is 0 Å². The molecular weight excluding hydrogens is 240 g/mol. The molecule has 1 saturated heterocycles. The summed E-state index contributed by atoms with van der Waals surface area (Å²) in [5.74, 6) is 0.828. The highest BCUT2D eigenvalue weighted by Gasteiger charge is 2.15. The molecule has 0 aromatic heterocycles. The SMILES string of the molecule is CC1CN(CCCOc2ccc(C#N)cc2)CCO1. The molecule has 1 unspecified atom stereocenters. The van der Waals surface area contributed by atoms with E-state index >= 15 is 0 Å². The van der Waals surface area contributed by atoms with Crippen molar-refractivity contribution in [3.8, 4) is 11.8 Å². The van der Waals surface area contributed by atoms with Crippen LogP contribution in [-0.4, -0.2) is 43.9 Å². The molecule has 0 radical (unpaired) electrons. The quantitative estimate of drug-likeness (QED) is 0.760. The number of hydrogen-bond acceptors (Lipinski definition) is 4. The molecule has 0 bridgehead atoms. The molecule has 102 valence electrons. The lowest BCUT2D eigenvalue weighted by Gasteiger charge is -2.30. The number of hydrogen-bond donors (Lipinski definition) is 0. The Kier molecular flexibility index (Phi) is 5.20. The first-order valence-electron chi connectivity index (χ1n) is 6.75. The number of nitrogens with zero attached hydrogens (tertiary/aromatic N) is 2. The highest BCUT2D eigenvalue weighted by Crippen LogP contribution is 2.12. The third kappa shape index (κ3) is 4.55. The number of morpholine rings is 1. The predicted octanol–water partition coefficient (Wildman–Crippen LogP) is 2.05. The van der Waals surface area contributed by atoms with Crippen LogP contribution in [0.2, 0.25) is 0 Å². The first-order chi connectivity index (χ1) is 9.28. The third-order valence-corrected chi connectivity index (χ3v) is 3.20. The summed E-state index contributed by atoms with van der Waals surface area (Å²) in [7, 11) is 0. The molecule has 2 rings (SSSR count). The van der Waals surface area contributed by atoms with Crippen molar-refractivity contribution in [1.29, 1.82) is 5.26 Å². The highest BCUT2D eigenvalue weighted by atomic mass is 16.5. The van der Waals surface area contributed by atoms with Crippen molar-refractivity contribution in [2.75, 3.05) is 32.8 Å². The van der Waals surface area contributed by atoms with E-state index in [1.807, 2.05) is 12.1 Å². The molecule has 0 saturated carbocycles. The minimum Gasteiger partial charge on any atom is -0.494 e. The minimum atomic E-state index is 0.341. The summed E-state index contributed by atoms with van der Waals surface area (Å²) in [5.41, 5.74) is 0.662. The van der Waals surface area contributed by atoms with Crippen molar-refractivity contribution in [2.24, 2.45) is 0 Å². The number of benzene rings is 1. The fraction of sp³-hybridized carbons (Fsp3) is 0.533. The van der Waals surface area contributed by atoms with Crippen LogP contribution in [-0.2, 0) is 4.74 Å². The minimum absolute atomic E-state index is 0.341. The molecule has 0 N–H and O–H groups in total. The van der Waals surface area contributed by atoms with Gasteiger partial charge < -0.3 is 9.47 Å². The van der Waals surface area contributed by atoms with Gasteiger partial charge in [0.25, 0.3) is 0 Å². The molecule has 1 aliphatic heterocycles. The van der Waals surface area contributed by atoms with E-state index < -0.39 is 0 Å². The van der Waals surface area contributed by atoms with E-state index in [4.69, 9.17) is 14.7 Å². The summed E-state index contributed by atoms with van der Waals surface area (Å²) in [4.78, 5) is 2.41. The highest BCUT2D eigenvalue weighted by molar-refractivity contribution is 5.34. The maximum absolute atomic E-state index is 8.70. The van der Waals surface area contributed by atoms with Crippen LogP contribution in [0.5, 0.6) is 5.75 Å². The van der Waals surface area contributed by atoms with Gasteiger partial charge in [-0.2, -0.15) is 5.26 Å². The predicted molar refractivity (Wildman–Crippen MR) is 73.1 cm³/mol. The molecule has 1 aromatic carbocycles. The van der Waals surface area contributed by atoms with Gasteiger partial charge in [-0.3, -0.25) is 4.90 Å². The Hall–Kier alpha value is -1.57. The second-order valence-electron chi connectivity index (χ2n) is 4.82. The molecule has 1 atom stereocenters. The van der Waals surface area contributed by atoms with Gasteiger partial charge in [-0.15, -0.1) is 0 Å². The van der Waals surface area contributed by atoms with Crippen molar-refractivity contribution in [1.82, 2.24) is 4.90 Å². The molecule has 0 amide bonds. The lowest BCUT2D eigenvalue weighted by molar-refractivity contribution is -0.0193. The van der Waals surface area contributed by atoms with Gasteiger partial charge in [-0.1, -0.05) is 0 Å². The Morgan fingerprint density at radius 1 is 1.42 bits per heavy atom. The molecular formula is C15H20N2O2. The Morgan fingerprint density at radius 2 is 2.21 bits per heavy atom. The van der Waals surface area contributed by atoms with Crippen LogP contribution in [0.25, 0.3) is 0 Å². The summed E-state index contributed by atoms with van der Waals surface area (Å²) in [6, 6.07) is 9.33. The van der Waals surface area contributed by atoms with E-state index in [2.05, 4.69) is 17.9 Å². The normalized spacial score (nSPS) is 19.9. The molecule has 1 aromatic rings. The Balaban J connectivity index is 1.64. The van der Waals surface area contributed by atoms with Gasteiger partial charge in [0.05, 0.1) is 31.0 Å². The molecule has 1 heterocycles. The molecule has 0 aliphatic carbocycles. The van der Waals surface area contributed by atoms with Gasteiger partial charge in [0.2, 0.25) is 0 Å². The van der Waals surface area contributed by atoms with Gasteiger partial charge in [-0.25, -0.2) is 0 Å². The van der Waals surface area contributed by atoms with Crippen LogP contribution in [0.1, 0.15) is 18.9 Å². The first-order valence-corrected chi connectivity index (χ1v) is 6.75. The van der Waals surface area contributed by atoms with E-state index in [0.717, 1.165) is 38.4 Å². The largest absolute Gasteiger partial charge is 0.494 e. The van der Waals surface area contributed by atoms with Crippen LogP contribution >= 0.6 is 0 Å². The van der Waals surface area contributed by atoms with Crippen LogP contribution in [0.4, 0.5) is 0 Å². The van der Waals surface area contributed by atoms with Crippen LogP contribution in [0.3, 0.4) is 0 Å². The smallest absolute Gasteiger partial charge is 0.119 e. The summed E-state index contributed by atoms with van der Waals surface area (Å²) >= 11 is 0. The van der Waals surface area contributed by atoms with Gasteiger partial charge >= 0.3 is 0 Å². The van der Waals surface area contributed by atoms with Crippen LogP contribution < -0.4 is 4.74 Å². The lowest BCUT2D eigenvalue weighted by atomic mass is 10.2. The lowest BCUT2D eigenvalue weighted by Crippen LogP contribution is -2.41. The standard InChI is InChI=1S/C15H20N2O2/c1-13-12-17(8-10-18-13)7-2-9-19-15-5-3-14(11-16)4-6-15/h3-6,13H,2,7-10,12H2,1H3. The number of ether oxygens (including phenoxy) is 2. The van der Waals surface area contributed by atoms with Gasteiger partial charge in [0.15, 0.2) is 0 Å². The molecule has 0 spiro atoms. The third-order valence-electron chi connectivity index (χ3n) is 3.20. The van der Waals surface area contributed by atoms with E-state index in [1.54, 1.807) is 12.1 Å². The zero-order valence-corrected chi connectivity index (χ0v) is 11.3. The van der Waals surface area contributed by atoms with Crippen molar-refractivity contribution < 1.29 is 9.47 Å². The second kappa shape index (κ2) is 7.13.